The SMILES string of the molecule is CO[C@H](c1ccc(C2=CNC(N)NC2)cc1)[C@@H](CF)n1cc(CCN(C)[C@H]2C[C@@H](C)O[C@@H](O[C@@H]3[C@@H](C)C([C@H]4C[C@@](C)(OC)[C@@H](O)[C@H](C)O4)[C@@H](C)C(=O)O[C@H](I)[C@@]4(C)OC(=O)N(NCC5CCCCC5)[C@@H]4[C@@H](C)C(=O)CC[C@@]3(C)OC)[C@@H]2O)nn1. The highest BCUT2D eigenvalue weighted by Crippen LogP contribution is 2.47. The van der Waals surface area contributed by atoms with Crippen LogP contribution in [0.25, 0.3) is 5.57 Å². The van der Waals surface area contributed by atoms with E-state index in [-0.39, 0.29) is 31.3 Å². The van der Waals surface area contributed by atoms with E-state index in [0.717, 1.165) is 42.4 Å². The standard InChI is InChI=1S/C60H95FIN9O13/c1-33-26-43(69(9)25-23-42-32-70(68-67-42)44(28-61)49(77-10)40-20-18-39(19-21-40)41-30-64-56(63)65-31-41)48(73)54(80-33)82-52-35(3)47(46-27-59(7,79-12)51(74)37(5)81-46)36(4)53(75)83-55(62)60(8)50(34(2)45(72)22-24-58(52,6)78-11)71(57(76)84-60)66-29-38-16-14-13-15-17-38/h18-21,30,32-38,43-44,46-52,54-56,64-66,73-74H,13-17,22-29,31,63H2,1-12H3/t33-,34+,35+,36-,37+,43+,44-,46-,47?,48-,49-,50-,51+,52-,54+,55+,56?,58-,59-,60+/m1/s1. The Morgan fingerprint density at radius 3 is 2.33 bits per heavy atom. The largest absolute Gasteiger partial charge is 0.447 e. The second kappa shape index (κ2) is 28.3. The van der Waals surface area contributed by atoms with Crippen LogP contribution in [0.15, 0.2) is 36.7 Å². The lowest BCUT2D eigenvalue weighted by molar-refractivity contribution is -0.304. The molecule has 5 aliphatic heterocycles. The molecule has 2 unspecified atom stereocenters. The van der Waals surface area contributed by atoms with Gasteiger partial charge >= 0.3 is 12.1 Å². The topological polar surface area (TPSA) is 265 Å². The van der Waals surface area contributed by atoms with Crippen molar-refractivity contribution in [2.45, 2.75) is 214 Å². The number of aliphatic hydroxyl groups is 2. The van der Waals surface area contributed by atoms with E-state index in [9.17, 15) is 19.8 Å². The average molecular weight is 1300 g/mol. The number of carbonyl (C=O) groups is 3. The van der Waals surface area contributed by atoms with Crippen LogP contribution in [0.3, 0.4) is 0 Å². The van der Waals surface area contributed by atoms with Crippen LogP contribution in [0.2, 0.25) is 0 Å². The van der Waals surface area contributed by atoms with Crippen LogP contribution in [0.1, 0.15) is 142 Å². The Morgan fingerprint density at radius 1 is 0.988 bits per heavy atom. The molecule has 0 bridgehead atoms. The minimum absolute atomic E-state index is 0.00290. The summed E-state index contributed by atoms with van der Waals surface area (Å²) in [6.45, 7) is 15.4. The fourth-order valence-electron chi connectivity index (χ4n) is 14.1. The Kier molecular flexibility index (Phi) is 22.4. The van der Waals surface area contributed by atoms with Gasteiger partial charge in [0.1, 0.15) is 49.1 Å². The maximum Gasteiger partial charge on any atom is 0.425 e. The zero-order valence-corrected chi connectivity index (χ0v) is 53.4. The first kappa shape index (κ1) is 66.4. The summed E-state index contributed by atoms with van der Waals surface area (Å²) in [5, 5.41) is 40.5. The summed E-state index contributed by atoms with van der Waals surface area (Å²) in [7, 11) is 6.56. The number of nitrogens with one attached hydrogen (secondary N) is 3. The van der Waals surface area contributed by atoms with E-state index in [2.05, 4.69) is 26.4 Å². The molecule has 1 amide bonds. The number of aliphatic hydroxyl groups excluding tert-OH is 2. The molecule has 24 heteroatoms. The van der Waals surface area contributed by atoms with Gasteiger partial charge in [0.15, 0.2) is 16.0 Å². The number of fused-ring (bicyclic) bond motifs is 1. The van der Waals surface area contributed by atoms with Gasteiger partial charge in [-0.1, -0.05) is 69.5 Å². The number of methoxy groups -OCH3 is 3. The highest BCUT2D eigenvalue weighted by Gasteiger charge is 2.61. The van der Waals surface area contributed by atoms with Crippen LogP contribution in [0.4, 0.5) is 9.18 Å². The van der Waals surface area contributed by atoms with Gasteiger partial charge in [0.25, 0.3) is 0 Å². The van der Waals surface area contributed by atoms with E-state index in [1.807, 2.05) is 92.7 Å². The number of likely N-dealkylation sites (N-methyl/N-ethyl adjacent to an activating group) is 1. The Balaban J connectivity index is 1.05. The molecule has 1 saturated carbocycles. The van der Waals surface area contributed by atoms with E-state index in [4.69, 9.17) is 43.6 Å². The summed E-state index contributed by atoms with van der Waals surface area (Å²) in [5.41, 5.74) is 8.89. The van der Waals surface area contributed by atoms with Crippen LogP contribution >= 0.6 is 22.6 Å². The minimum Gasteiger partial charge on any atom is -0.447 e. The van der Waals surface area contributed by atoms with E-state index in [1.54, 1.807) is 48.1 Å². The number of cyclic esters (lactones) is 1. The van der Waals surface area contributed by atoms with Crippen molar-refractivity contribution in [2.24, 2.45) is 35.3 Å². The zero-order valence-electron chi connectivity index (χ0n) is 51.2. The smallest absolute Gasteiger partial charge is 0.425 e. The molecule has 5 fully saturated rings. The molecular weight excluding hydrogens is 1200 g/mol. The lowest BCUT2D eigenvalue weighted by Crippen LogP contribution is -2.62. The van der Waals surface area contributed by atoms with Gasteiger partial charge in [0.2, 0.25) is 0 Å². The van der Waals surface area contributed by atoms with Crippen LogP contribution in [0, 0.1) is 29.6 Å². The molecule has 1 aromatic heterocycles. The molecule has 22 nitrogen and oxygen atoms in total. The van der Waals surface area contributed by atoms with Gasteiger partial charge in [-0.25, -0.2) is 24.3 Å². The van der Waals surface area contributed by atoms with Gasteiger partial charge in [-0.15, -0.1) is 5.10 Å². The molecule has 20 atom stereocenters. The number of ether oxygens (including phenoxy) is 8. The Labute approximate surface area is 508 Å². The number of amides is 1. The number of hydrogen-bond acceptors (Lipinski definition) is 20. The summed E-state index contributed by atoms with van der Waals surface area (Å²) in [5.74, 6) is -3.52. The number of rotatable bonds is 18. The Bertz CT molecular complexity index is 2550. The molecule has 8 rings (SSSR count). The summed E-state index contributed by atoms with van der Waals surface area (Å²) in [4.78, 5) is 46.1. The number of hydrazine groups is 1. The predicted octanol–water partition coefficient (Wildman–Crippen LogP) is 5.88. The Morgan fingerprint density at radius 2 is 1.69 bits per heavy atom. The van der Waals surface area contributed by atoms with Crippen molar-refractivity contribution in [3.63, 3.8) is 0 Å². The molecular formula is C60H95FIN9O13. The summed E-state index contributed by atoms with van der Waals surface area (Å²) in [6.07, 6.45) is 2.36. The van der Waals surface area contributed by atoms with Crippen molar-refractivity contribution in [1.29, 1.82) is 0 Å². The number of nitrogens with zero attached hydrogens (tertiary/aromatic N) is 5. The summed E-state index contributed by atoms with van der Waals surface area (Å²) in [6, 6.07) is 5.63. The van der Waals surface area contributed by atoms with Crippen molar-refractivity contribution in [1.82, 2.24) is 41.0 Å². The number of carbonyl (C=O) groups excluding carboxylic acids is 3. The number of halogens is 2. The average Bonchev–Trinajstić information content (AvgIpc) is 4.13. The number of nitrogens with two attached hydrogens (primary N) is 1. The second-order valence-corrected chi connectivity index (χ2v) is 26.4. The lowest BCUT2D eigenvalue weighted by Gasteiger charge is -2.52. The van der Waals surface area contributed by atoms with Gasteiger partial charge in [-0.2, -0.15) is 0 Å². The molecule has 7 N–H and O–H groups in total. The van der Waals surface area contributed by atoms with Gasteiger partial charge in [-0.05, 0) is 118 Å². The maximum atomic E-state index is 15.1. The van der Waals surface area contributed by atoms with Gasteiger partial charge in [-0.3, -0.25) is 20.6 Å². The predicted molar refractivity (Wildman–Crippen MR) is 318 cm³/mol. The molecule has 1 aliphatic carbocycles. The summed E-state index contributed by atoms with van der Waals surface area (Å²) < 4.78 is 67.1. The van der Waals surface area contributed by atoms with Crippen LogP contribution < -0.4 is 21.8 Å². The molecule has 6 aliphatic rings. The highest BCUT2D eigenvalue weighted by molar-refractivity contribution is 14.1. The van der Waals surface area contributed by atoms with Crippen molar-refractivity contribution < 1.29 is 66.9 Å². The molecule has 0 spiro atoms. The number of benzene rings is 1. The van der Waals surface area contributed by atoms with Crippen molar-refractivity contribution in [3.8, 4) is 0 Å². The van der Waals surface area contributed by atoms with E-state index in [0.29, 0.717) is 44.1 Å². The van der Waals surface area contributed by atoms with E-state index in [1.165, 1.54) is 23.2 Å². The Hall–Kier alpha value is -3.51. The minimum atomic E-state index is -1.45. The third-order valence-corrected chi connectivity index (χ3v) is 21.1. The number of Topliss-reactive ketones (excluding diaryl/α,β-unsaturated/α-hetero) is 1. The van der Waals surface area contributed by atoms with E-state index >= 15 is 9.18 Å². The highest BCUT2D eigenvalue weighted by atomic mass is 127. The molecule has 2 aromatic rings. The zero-order chi connectivity index (χ0) is 61.0. The maximum absolute atomic E-state index is 15.1. The number of hydrogen-bond donors (Lipinski definition) is 6. The molecule has 4 saturated heterocycles. The normalized spacial score (nSPS) is 38.5. The number of alkyl halides is 2. The third kappa shape index (κ3) is 14.3. The summed E-state index contributed by atoms with van der Waals surface area (Å²) >= 11 is 2.01. The monoisotopic (exact) mass is 1300 g/mol. The van der Waals surface area contributed by atoms with Crippen molar-refractivity contribution in [3.05, 3.63) is 53.5 Å². The fraction of sp³-hybridized carbons (Fsp3) is 0.783. The quantitative estimate of drug-likeness (QED) is 0.0578. The van der Waals surface area contributed by atoms with Gasteiger partial charge < -0.3 is 58.3 Å². The second-order valence-electron chi connectivity index (χ2n) is 25.3. The van der Waals surface area contributed by atoms with Gasteiger partial charge in [0, 0.05) is 90.5 Å². The first-order chi connectivity index (χ1) is 39.9. The van der Waals surface area contributed by atoms with Gasteiger partial charge in [0.05, 0.1) is 47.2 Å². The van der Waals surface area contributed by atoms with Crippen LogP contribution in [-0.4, -0.2) is 190 Å². The first-order valence-electron chi connectivity index (χ1n) is 30.2. The molecule has 84 heavy (non-hydrogen) atoms. The van der Waals surface area contributed by atoms with Crippen LogP contribution in [-0.2, 0) is 53.9 Å². The molecule has 1 aromatic carbocycles. The van der Waals surface area contributed by atoms with E-state index < -0.39 is 130 Å². The fourth-order valence-corrected chi connectivity index (χ4v) is 14.9. The third-order valence-electron chi connectivity index (χ3n) is 19.6. The van der Waals surface area contributed by atoms with Crippen molar-refractivity contribution in [2.75, 3.05) is 54.7 Å². The first-order valence-corrected chi connectivity index (χ1v) is 31.4. The molecule has 472 valence electrons. The number of aromatic nitrogens is 3. The lowest BCUT2D eigenvalue weighted by atomic mass is 9.68. The number of ketones is 1. The van der Waals surface area contributed by atoms with Crippen LogP contribution in [0.5, 0.6) is 0 Å². The number of esters is 1. The molecule has 0 radical (unpaired) electrons. The molecule has 6 heterocycles. The van der Waals surface area contributed by atoms with Crippen molar-refractivity contribution >= 4 is 46.0 Å².